The number of rotatable bonds is 6. The van der Waals surface area contributed by atoms with Crippen LogP contribution in [-0.4, -0.2) is 64.7 Å². The average Bonchev–Trinajstić information content (AvgIpc) is 2.54. The van der Waals surface area contributed by atoms with E-state index in [1.54, 1.807) is 7.11 Å². The molecule has 5 atom stereocenters. The van der Waals surface area contributed by atoms with E-state index in [4.69, 9.17) is 9.47 Å². The van der Waals surface area contributed by atoms with Gasteiger partial charge in [-0.2, -0.15) is 0 Å². The van der Waals surface area contributed by atoms with Crippen molar-refractivity contribution in [2.45, 2.75) is 49.8 Å². The number of hydrogen-bond acceptors (Lipinski definition) is 6. The molecule has 2 unspecified atom stereocenters. The predicted molar refractivity (Wildman–Crippen MR) is 79.7 cm³/mol. The van der Waals surface area contributed by atoms with Gasteiger partial charge in [-0.15, -0.1) is 0 Å². The van der Waals surface area contributed by atoms with Crippen LogP contribution >= 0.6 is 0 Å². The highest BCUT2D eigenvalue weighted by atomic mass is 16.5. The molecule has 124 valence electrons. The lowest BCUT2D eigenvalue weighted by atomic mass is 9.94. The van der Waals surface area contributed by atoms with Gasteiger partial charge in [-0.05, 0) is 30.5 Å². The summed E-state index contributed by atoms with van der Waals surface area (Å²) in [7, 11) is 1.61. The molecule has 0 saturated carbocycles. The van der Waals surface area contributed by atoms with Gasteiger partial charge in [0.1, 0.15) is 24.1 Å². The first-order chi connectivity index (χ1) is 10.5. The summed E-state index contributed by atoms with van der Waals surface area (Å²) in [4.78, 5) is 0. The number of aliphatic hydroxyl groups excluding tert-OH is 4. The van der Waals surface area contributed by atoms with E-state index in [2.05, 4.69) is 0 Å². The Kier molecular flexibility index (Phi) is 6.16. The van der Waals surface area contributed by atoms with E-state index < -0.39 is 30.5 Å². The zero-order chi connectivity index (χ0) is 16.1. The molecule has 1 saturated heterocycles. The molecule has 0 aromatic heterocycles. The van der Waals surface area contributed by atoms with Crippen LogP contribution in [0.25, 0.3) is 0 Å². The molecule has 1 aromatic rings. The van der Waals surface area contributed by atoms with E-state index in [1.165, 1.54) is 0 Å². The van der Waals surface area contributed by atoms with E-state index in [0.29, 0.717) is 12.8 Å². The van der Waals surface area contributed by atoms with Crippen LogP contribution in [0.3, 0.4) is 0 Å². The summed E-state index contributed by atoms with van der Waals surface area (Å²) in [6, 6.07) is 7.62. The molecule has 1 aliphatic rings. The van der Waals surface area contributed by atoms with Crippen LogP contribution in [0.2, 0.25) is 0 Å². The van der Waals surface area contributed by atoms with Crippen LogP contribution in [-0.2, 0) is 11.2 Å². The quantitative estimate of drug-likeness (QED) is 0.583. The molecule has 1 fully saturated rings. The maximum atomic E-state index is 10.1. The molecule has 0 amide bonds. The molecule has 1 heterocycles. The Bertz CT molecular complexity index is 448. The summed E-state index contributed by atoms with van der Waals surface area (Å²) >= 11 is 0. The van der Waals surface area contributed by atoms with Crippen molar-refractivity contribution in [2.75, 3.05) is 13.7 Å². The molecule has 2 rings (SSSR count). The number of aliphatic hydroxyl groups is 4. The van der Waals surface area contributed by atoms with E-state index in [0.717, 1.165) is 11.3 Å². The second kappa shape index (κ2) is 7.89. The first-order valence-electron chi connectivity index (χ1n) is 7.48. The van der Waals surface area contributed by atoms with Crippen LogP contribution in [0.15, 0.2) is 24.3 Å². The van der Waals surface area contributed by atoms with Crippen molar-refractivity contribution in [1.82, 2.24) is 0 Å². The third kappa shape index (κ3) is 4.41. The van der Waals surface area contributed by atoms with Crippen molar-refractivity contribution in [3.05, 3.63) is 29.8 Å². The topological polar surface area (TPSA) is 99.4 Å². The second-order valence-electron chi connectivity index (χ2n) is 5.70. The Balaban J connectivity index is 1.78. The molecular weight excluding hydrogens is 288 g/mol. The molecule has 0 bridgehead atoms. The Morgan fingerprint density at radius 2 is 1.86 bits per heavy atom. The predicted octanol–water partition coefficient (Wildman–Crippen LogP) is -0.140. The molecule has 0 radical (unpaired) electrons. The number of benzene rings is 1. The van der Waals surface area contributed by atoms with E-state index >= 15 is 0 Å². The summed E-state index contributed by atoms with van der Waals surface area (Å²) in [6.45, 7) is -0.0336. The van der Waals surface area contributed by atoms with Crippen molar-refractivity contribution in [2.24, 2.45) is 0 Å². The largest absolute Gasteiger partial charge is 0.497 e. The Hall–Kier alpha value is -1.18. The highest BCUT2D eigenvalue weighted by Crippen LogP contribution is 2.21. The number of methoxy groups -OCH3 is 1. The molecular formula is C16H24O6. The van der Waals surface area contributed by atoms with Gasteiger partial charge in [-0.1, -0.05) is 12.1 Å². The highest BCUT2D eigenvalue weighted by Gasteiger charge is 2.38. The maximum absolute atomic E-state index is 10.1. The van der Waals surface area contributed by atoms with E-state index in [-0.39, 0.29) is 13.0 Å². The van der Waals surface area contributed by atoms with Gasteiger partial charge in [0.25, 0.3) is 0 Å². The molecule has 0 aliphatic carbocycles. The molecule has 1 aromatic carbocycles. The number of hydrogen-bond donors (Lipinski definition) is 4. The molecule has 0 spiro atoms. The van der Waals surface area contributed by atoms with Crippen LogP contribution in [0.4, 0.5) is 0 Å². The molecule has 1 aliphatic heterocycles. The number of aryl methyl sites for hydroxylation is 1. The van der Waals surface area contributed by atoms with Crippen molar-refractivity contribution >= 4 is 0 Å². The number of ether oxygens (including phenoxy) is 2. The minimum Gasteiger partial charge on any atom is -0.497 e. The van der Waals surface area contributed by atoms with Gasteiger partial charge < -0.3 is 29.9 Å². The fraction of sp³-hybridized carbons (Fsp3) is 0.625. The summed E-state index contributed by atoms with van der Waals surface area (Å²) in [5.41, 5.74) is 1.08. The summed E-state index contributed by atoms with van der Waals surface area (Å²) in [5.74, 6) is 0.788. The lowest BCUT2D eigenvalue weighted by molar-refractivity contribution is -0.193. The van der Waals surface area contributed by atoms with Gasteiger partial charge in [0.2, 0.25) is 0 Å². The van der Waals surface area contributed by atoms with Crippen molar-refractivity contribution in [3.63, 3.8) is 0 Å². The lowest BCUT2D eigenvalue weighted by Crippen LogP contribution is -2.53. The van der Waals surface area contributed by atoms with Crippen molar-refractivity contribution in [1.29, 1.82) is 0 Å². The zero-order valence-corrected chi connectivity index (χ0v) is 12.6. The first kappa shape index (κ1) is 17.2. The third-order valence-electron chi connectivity index (χ3n) is 4.04. The van der Waals surface area contributed by atoms with Gasteiger partial charge in [-0.3, -0.25) is 0 Å². The minimum absolute atomic E-state index is 0.0336. The fourth-order valence-electron chi connectivity index (χ4n) is 2.59. The Labute approximate surface area is 129 Å². The molecule has 4 N–H and O–H groups in total. The highest BCUT2D eigenvalue weighted by molar-refractivity contribution is 5.27. The maximum Gasteiger partial charge on any atom is 0.118 e. The van der Waals surface area contributed by atoms with Gasteiger partial charge >= 0.3 is 0 Å². The SMILES string of the molecule is COc1ccc(CCC(O)CC2OC[C@@H](O)[C@H](O)[C@H]2O)cc1. The Morgan fingerprint density at radius 1 is 1.18 bits per heavy atom. The van der Waals surface area contributed by atoms with Crippen LogP contribution in [0.5, 0.6) is 5.75 Å². The standard InChI is InChI=1S/C16H24O6/c1-21-12-6-3-10(4-7-12)2-5-11(17)8-14-16(20)15(19)13(18)9-22-14/h3-4,6-7,11,13-20H,2,5,8-9H2,1H3/t11?,13-,14?,15+,16+/m1/s1. The van der Waals surface area contributed by atoms with E-state index in [1.807, 2.05) is 24.3 Å². The molecule has 6 nitrogen and oxygen atoms in total. The zero-order valence-electron chi connectivity index (χ0n) is 12.6. The van der Waals surface area contributed by atoms with Crippen molar-refractivity contribution < 1.29 is 29.9 Å². The average molecular weight is 312 g/mol. The fourth-order valence-corrected chi connectivity index (χ4v) is 2.59. The summed E-state index contributed by atoms with van der Waals surface area (Å²) in [6.07, 6.45) is -3.36. The smallest absolute Gasteiger partial charge is 0.118 e. The Morgan fingerprint density at radius 3 is 2.50 bits per heavy atom. The summed E-state index contributed by atoms with van der Waals surface area (Å²) in [5, 5.41) is 38.9. The normalized spacial score (nSPS) is 30.0. The van der Waals surface area contributed by atoms with Crippen LogP contribution in [0, 0.1) is 0 Å². The molecule has 22 heavy (non-hydrogen) atoms. The third-order valence-corrected chi connectivity index (χ3v) is 4.04. The minimum atomic E-state index is -1.23. The van der Waals surface area contributed by atoms with Gasteiger partial charge in [-0.25, -0.2) is 0 Å². The molecule has 6 heteroatoms. The second-order valence-corrected chi connectivity index (χ2v) is 5.70. The van der Waals surface area contributed by atoms with E-state index in [9.17, 15) is 20.4 Å². The monoisotopic (exact) mass is 312 g/mol. The summed E-state index contributed by atoms with van der Waals surface area (Å²) < 4.78 is 10.4. The van der Waals surface area contributed by atoms with Gasteiger partial charge in [0.05, 0.1) is 25.9 Å². The lowest BCUT2D eigenvalue weighted by Gasteiger charge is -2.36. The van der Waals surface area contributed by atoms with Crippen molar-refractivity contribution in [3.8, 4) is 5.75 Å². The first-order valence-corrected chi connectivity index (χ1v) is 7.48. The van der Waals surface area contributed by atoms with Crippen LogP contribution in [0.1, 0.15) is 18.4 Å². The van der Waals surface area contributed by atoms with Gasteiger partial charge in [0.15, 0.2) is 0 Å². The van der Waals surface area contributed by atoms with Gasteiger partial charge in [0, 0.05) is 6.42 Å². The van der Waals surface area contributed by atoms with Crippen LogP contribution < -0.4 is 4.74 Å².